The molecule has 2 aromatic heterocycles. The van der Waals surface area contributed by atoms with Crippen molar-refractivity contribution in [2.24, 2.45) is 0 Å². The lowest BCUT2D eigenvalue weighted by atomic mass is 10.2. The smallest absolute Gasteiger partial charge is 0.168 e. The van der Waals surface area contributed by atoms with E-state index in [0.29, 0.717) is 17.2 Å². The molecule has 7 heteroatoms. The van der Waals surface area contributed by atoms with E-state index in [9.17, 15) is 4.39 Å². The van der Waals surface area contributed by atoms with Gasteiger partial charge >= 0.3 is 0 Å². The molecule has 3 aromatic rings. The van der Waals surface area contributed by atoms with Crippen molar-refractivity contribution in [1.82, 2.24) is 19.7 Å². The molecule has 3 rings (SSSR count). The second-order valence-corrected chi connectivity index (χ2v) is 5.58. The van der Waals surface area contributed by atoms with Crippen LogP contribution in [0.1, 0.15) is 25.0 Å². The van der Waals surface area contributed by atoms with E-state index < -0.39 is 0 Å². The number of aryl methyl sites for hydroxylation is 1. The Morgan fingerprint density at radius 2 is 2.00 bits per heavy atom. The fourth-order valence-corrected chi connectivity index (χ4v) is 2.66. The molecule has 24 heavy (non-hydrogen) atoms. The normalized spacial score (nSPS) is 11.1. The molecule has 0 aliphatic heterocycles. The SMILES string of the molecule is Cc1nn(-c2ccccc2F)c2ncnc(NCCCCCO)c12. The van der Waals surface area contributed by atoms with Gasteiger partial charge in [0.2, 0.25) is 0 Å². The summed E-state index contributed by atoms with van der Waals surface area (Å²) in [7, 11) is 0. The number of anilines is 1. The second-order valence-electron chi connectivity index (χ2n) is 5.58. The van der Waals surface area contributed by atoms with Crippen LogP contribution < -0.4 is 5.32 Å². The van der Waals surface area contributed by atoms with Crippen molar-refractivity contribution in [3.05, 3.63) is 42.1 Å². The maximum atomic E-state index is 14.1. The maximum Gasteiger partial charge on any atom is 0.168 e. The van der Waals surface area contributed by atoms with Gasteiger partial charge in [-0.3, -0.25) is 0 Å². The van der Waals surface area contributed by atoms with Crippen LogP contribution in [-0.4, -0.2) is 38.0 Å². The van der Waals surface area contributed by atoms with Gasteiger partial charge in [0.25, 0.3) is 0 Å². The van der Waals surface area contributed by atoms with Crippen molar-refractivity contribution in [2.45, 2.75) is 26.2 Å². The maximum absolute atomic E-state index is 14.1. The molecule has 0 aliphatic carbocycles. The third-order valence-electron chi connectivity index (χ3n) is 3.85. The summed E-state index contributed by atoms with van der Waals surface area (Å²) in [6.45, 7) is 2.82. The van der Waals surface area contributed by atoms with Crippen LogP contribution in [0.15, 0.2) is 30.6 Å². The number of benzene rings is 1. The summed E-state index contributed by atoms with van der Waals surface area (Å²) >= 11 is 0. The van der Waals surface area contributed by atoms with E-state index in [1.54, 1.807) is 18.2 Å². The van der Waals surface area contributed by atoms with Crippen molar-refractivity contribution in [3.8, 4) is 5.69 Å². The quantitative estimate of drug-likeness (QED) is 0.652. The van der Waals surface area contributed by atoms with Gasteiger partial charge in [0, 0.05) is 13.2 Å². The van der Waals surface area contributed by atoms with Crippen molar-refractivity contribution in [2.75, 3.05) is 18.5 Å². The fraction of sp³-hybridized carbons (Fsp3) is 0.353. The summed E-state index contributed by atoms with van der Waals surface area (Å²) in [6.07, 6.45) is 4.14. The zero-order valence-corrected chi connectivity index (χ0v) is 13.5. The van der Waals surface area contributed by atoms with Gasteiger partial charge in [-0.05, 0) is 38.3 Å². The van der Waals surface area contributed by atoms with Crippen molar-refractivity contribution in [3.63, 3.8) is 0 Å². The van der Waals surface area contributed by atoms with Gasteiger partial charge in [0.1, 0.15) is 23.6 Å². The molecule has 0 radical (unpaired) electrons. The molecule has 0 saturated carbocycles. The zero-order chi connectivity index (χ0) is 16.9. The van der Waals surface area contributed by atoms with E-state index in [1.807, 2.05) is 6.92 Å². The van der Waals surface area contributed by atoms with Crippen LogP contribution in [0.2, 0.25) is 0 Å². The molecule has 2 heterocycles. The van der Waals surface area contributed by atoms with E-state index in [1.165, 1.54) is 17.1 Å². The van der Waals surface area contributed by atoms with Crippen LogP contribution in [0, 0.1) is 12.7 Å². The Kier molecular flexibility index (Phi) is 5.00. The number of aliphatic hydroxyl groups is 1. The van der Waals surface area contributed by atoms with E-state index >= 15 is 0 Å². The average molecular weight is 329 g/mol. The van der Waals surface area contributed by atoms with Crippen molar-refractivity contribution >= 4 is 16.9 Å². The van der Waals surface area contributed by atoms with Crippen LogP contribution in [0.4, 0.5) is 10.2 Å². The van der Waals surface area contributed by atoms with Gasteiger partial charge in [0.05, 0.1) is 11.1 Å². The van der Waals surface area contributed by atoms with Crippen LogP contribution in [0.3, 0.4) is 0 Å². The Labute approximate surface area is 139 Å². The molecule has 0 atom stereocenters. The number of nitrogens with one attached hydrogen (secondary N) is 1. The van der Waals surface area contributed by atoms with Crippen LogP contribution in [0.5, 0.6) is 0 Å². The zero-order valence-electron chi connectivity index (χ0n) is 13.5. The van der Waals surface area contributed by atoms with Gasteiger partial charge in [-0.2, -0.15) is 5.10 Å². The largest absolute Gasteiger partial charge is 0.396 e. The molecular formula is C17H20FN5O. The lowest BCUT2D eigenvalue weighted by molar-refractivity contribution is 0.283. The summed E-state index contributed by atoms with van der Waals surface area (Å²) in [5, 5.41) is 17.3. The monoisotopic (exact) mass is 329 g/mol. The molecule has 0 amide bonds. The van der Waals surface area contributed by atoms with Crippen LogP contribution in [0.25, 0.3) is 16.7 Å². The number of unbranched alkanes of at least 4 members (excludes halogenated alkanes) is 2. The average Bonchev–Trinajstić information content (AvgIpc) is 2.93. The highest BCUT2D eigenvalue weighted by Gasteiger charge is 2.16. The van der Waals surface area contributed by atoms with E-state index in [0.717, 1.165) is 36.9 Å². The molecule has 0 fully saturated rings. The number of rotatable bonds is 7. The lowest BCUT2D eigenvalue weighted by Gasteiger charge is -2.07. The first-order valence-electron chi connectivity index (χ1n) is 8.02. The summed E-state index contributed by atoms with van der Waals surface area (Å²) < 4.78 is 15.6. The number of hydrogen-bond acceptors (Lipinski definition) is 5. The predicted octanol–water partition coefficient (Wildman–Crippen LogP) is 2.84. The highest BCUT2D eigenvalue weighted by Crippen LogP contribution is 2.26. The van der Waals surface area contributed by atoms with E-state index in [4.69, 9.17) is 5.11 Å². The minimum Gasteiger partial charge on any atom is -0.396 e. The molecular weight excluding hydrogens is 309 g/mol. The van der Waals surface area contributed by atoms with E-state index in [2.05, 4.69) is 20.4 Å². The number of halogens is 1. The minimum atomic E-state index is -0.348. The number of aromatic nitrogens is 4. The highest BCUT2D eigenvalue weighted by molar-refractivity contribution is 5.90. The number of nitrogens with zero attached hydrogens (tertiary/aromatic N) is 4. The van der Waals surface area contributed by atoms with Crippen molar-refractivity contribution < 1.29 is 9.50 Å². The molecule has 0 spiro atoms. The molecule has 0 bridgehead atoms. The molecule has 0 unspecified atom stereocenters. The molecule has 1 aromatic carbocycles. The number of para-hydroxylation sites is 1. The van der Waals surface area contributed by atoms with Gasteiger partial charge in [-0.15, -0.1) is 0 Å². The van der Waals surface area contributed by atoms with E-state index in [-0.39, 0.29) is 12.4 Å². The summed E-state index contributed by atoms with van der Waals surface area (Å²) in [5.74, 6) is 0.350. The topological polar surface area (TPSA) is 75.9 Å². The first-order chi connectivity index (χ1) is 11.7. The lowest BCUT2D eigenvalue weighted by Crippen LogP contribution is -2.05. The molecule has 6 nitrogen and oxygen atoms in total. The number of hydrogen-bond donors (Lipinski definition) is 2. The van der Waals surface area contributed by atoms with Gasteiger partial charge in [-0.25, -0.2) is 19.0 Å². The Morgan fingerprint density at radius 1 is 1.17 bits per heavy atom. The Hall–Kier alpha value is -2.54. The van der Waals surface area contributed by atoms with Crippen LogP contribution in [-0.2, 0) is 0 Å². The van der Waals surface area contributed by atoms with Gasteiger partial charge < -0.3 is 10.4 Å². The fourth-order valence-electron chi connectivity index (χ4n) is 2.66. The first-order valence-corrected chi connectivity index (χ1v) is 8.02. The number of aliphatic hydroxyl groups excluding tert-OH is 1. The van der Waals surface area contributed by atoms with Gasteiger partial charge in [-0.1, -0.05) is 12.1 Å². The Morgan fingerprint density at radius 3 is 2.79 bits per heavy atom. The highest BCUT2D eigenvalue weighted by atomic mass is 19.1. The molecule has 0 saturated heterocycles. The third-order valence-corrected chi connectivity index (χ3v) is 3.85. The Bertz CT molecular complexity index is 833. The minimum absolute atomic E-state index is 0.215. The molecule has 126 valence electrons. The van der Waals surface area contributed by atoms with Crippen LogP contribution >= 0.6 is 0 Å². The van der Waals surface area contributed by atoms with Gasteiger partial charge in [0.15, 0.2) is 5.65 Å². The first kappa shape index (κ1) is 16.3. The predicted molar refractivity (Wildman–Crippen MR) is 90.8 cm³/mol. The standard InChI is InChI=1S/C17H20FN5O/c1-12-15-16(19-9-5-2-6-10-24)20-11-21-17(15)23(22-12)14-8-4-3-7-13(14)18/h3-4,7-8,11,24H,2,5-6,9-10H2,1H3,(H,19,20,21). The summed E-state index contributed by atoms with van der Waals surface area (Å²) in [4.78, 5) is 8.58. The van der Waals surface area contributed by atoms with Crippen molar-refractivity contribution in [1.29, 1.82) is 0 Å². The molecule has 0 aliphatic rings. The summed E-state index contributed by atoms with van der Waals surface area (Å²) in [6, 6.07) is 6.49. The third kappa shape index (κ3) is 3.21. The Balaban J connectivity index is 1.92. The second kappa shape index (κ2) is 7.35. The summed E-state index contributed by atoms with van der Waals surface area (Å²) in [5.41, 5.74) is 1.68. The number of fused-ring (bicyclic) bond motifs is 1. The molecule has 2 N–H and O–H groups in total.